The number of imidazole rings is 1. The average molecular weight is 479 g/mol. The molecule has 4 rings (SSSR count). The second-order valence-electron chi connectivity index (χ2n) is 7.82. The van der Waals surface area contributed by atoms with Gasteiger partial charge < -0.3 is 15.0 Å². The Labute approximate surface area is 196 Å². The van der Waals surface area contributed by atoms with E-state index in [1.54, 1.807) is 42.3 Å². The largest absolute Gasteiger partial charge is 0.393 e. The average Bonchev–Trinajstić information content (AvgIpc) is 3.19. The third kappa shape index (κ3) is 4.75. The van der Waals surface area contributed by atoms with Crippen LogP contribution < -0.4 is 0 Å². The lowest BCUT2D eigenvalue weighted by atomic mass is 9.92. The maximum Gasteiger partial charge on any atom is 0.289 e. The standard InChI is InChI=1S/C23H22Cl3N3O2/c1-29(16-7-9-17(30)10-8-16)23(31)22-27-20(13-2-4-14(24)5-3-13)21(28-22)18-11-6-15(25)12-19(18)26/h2-6,11-12,16-17,30H,7-10H2,1H3,(H,27,28). The molecule has 1 aliphatic carbocycles. The van der Waals surface area contributed by atoms with Crippen LogP contribution in [0.5, 0.6) is 0 Å². The van der Waals surface area contributed by atoms with Gasteiger partial charge in [-0.1, -0.05) is 46.9 Å². The zero-order valence-corrected chi connectivity index (χ0v) is 19.2. The van der Waals surface area contributed by atoms with Gasteiger partial charge in [-0.15, -0.1) is 0 Å². The molecule has 31 heavy (non-hydrogen) atoms. The van der Waals surface area contributed by atoms with E-state index in [1.807, 2.05) is 12.1 Å². The number of hydrogen-bond acceptors (Lipinski definition) is 3. The van der Waals surface area contributed by atoms with Crippen molar-refractivity contribution in [2.24, 2.45) is 0 Å². The molecule has 0 atom stereocenters. The van der Waals surface area contributed by atoms with Crippen LogP contribution in [0.25, 0.3) is 22.5 Å². The van der Waals surface area contributed by atoms with Gasteiger partial charge in [-0.25, -0.2) is 4.98 Å². The summed E-state index contributed by atoms with van der Waals surface area (Å²) in [5, 5.41) is 11.4. The Morgan fingerprint density at radius 3 is 2.32 bits per heavy atom. The fraction of sp³-hybridized carbons (Fsp3) is 0.304. The van der Waals surface area contributed by atoms with Gasteiger partial charge in [-0.3, -0.25) is 4.79 Å². The van der Waals surface area contributed by atoms with Gasteiger partial charge in [0.05, 0.1) is 22.5 Å². The molecule has 0 spiro atoms. The first-order valence-corrected chi connectivity index (χ1v) is 11.2. The van der Waals surface area contributed by atoms with E-state index in [2.05, 4.69) is 9.97 Å². The fourth-order valence-corrected chi connectivity index (χ4v) is 4.59. The molecule has 0 unspecified atom stereocenters. The molecule has 1 fully saturated rings. The molecule has 2 N–H and O–H groups in total. The van der Waals surface area contributed by atoms with Gasteiger partial charge in [0, 0.05) is 34.3 Å². The molecule has 1 saturated carbocycles. The SMILES string of the molecule is CN(C(=O)c1nc(-c2ccc(Cl)cc2)c(-c2ccc(Cl)cc2Cl)[nH]1)C1CCC(O)CC1. The number of aliphatic hydroxyl groups excluding tert-OH is 1. The number of hydrogen-bond donors (Lipinski definition) is 2. The van der Waals surface area contributed by atoms with E-state index < -0.39 is 0 Å². The van der Waals surface area contributed by atoms with Gasteiger partial charge >= 0.3 is 0 Å². The Morgan fingerprint density at radius 2 is 1.68 bits per heavy atom. The third-order valence-corrected chi connectivity index (χ3v) is 6.56. The summed E-state index contributed by atoms with van der Waals surface area (Å²) in [7, 11) is 1.78. The highest BCUT2D eigenvalue weighted by molar-refractivity contribution is 6.36. The molecule has 8 heteroatoms. The lowest BCUT2D eigenvalue weighted by Gasteiger charge is -2.32. The summed E-state index contributed by atoms with van der Waals surface area (Å²) in [5.74, 6) is 0.0347. The third-order valence-electron chi connectivity index (χ3n) is 5.76. The number of benzene rings is 2. The molecular formula is C23H22Cl3N3O2. The minimum Gasteiger partial charge on any atom is -0.393 e. The number of aromatic nitrogens is 2. The van der Waals surface area contributed by atoms with Crippen molar-refractivity contribution < 1.29 is 9.90 Å². The van der Waals surface area contributed by atoms with Crippen LogP contribution in [0.2, 0.25) is 15.1 Å². The van der Waals surface area contributed by atoms with E-state index in [4.69, 9.17) is 34.8 Å². The lowest BCUT2D eigenvalue weighted by Crippen LogP contribution is -2.40. The van der Waals surface area contributed by atoms with Gasteiger partial charge in [0.25, 0.3) is 5.91 Å². The highest BCUT2D eigenvalue weighted by Gasteiger charge is 2.29. The van der Waals surface area contributed by atoms with E-state index in [-0.39, 0.29) is 23.9 Å². The second kappa shape index (κ2) is 9.21. The van der Waals surface area contributed by atoms with Crippen LogP contribution in [0.1, 0.15) is 36.3 Å². The molecule has 2 aromatic carbocycles. The molecule has 1 amide bonds. The van der Waals surface area contributed by atoms with E-state index in [9.17, 15) is 9.90 Å². The predicted octanol–water partition coefficient (Wildman–Crippen LogP) is 6.08. The molecule has 3 aromatic rings. The summed E-state index contributed by atoms with van der Waals surface area (Å²) in [5.41, 5.74) is 2.76. The van der Waals surface area contributed by atoms with Crippen molar-refractivity contribution in [3.63, 3.8) is 0 Å². The molecule has 5 nitrogen and oxygen atoms in total. The van der Waals surface area contributed by atoms with E-state index in [0.29, 0.717) is 44.9 Å². The monoisotopic (exact) mass is 477 g/mol. The molecule has 1 aliphatic rings. The Kier molecular flexibility index (Phi) is 6.58. The van der Waals surface area contributed by atoms with Crippen LogP contribution in [0.3, 0.4) is 0 Å². The number of rotatable bonds is 4. The van der Waals surface area contributed by atoms with Crippen molar-refractivity contribution in [2.75, 3.05) is 7.05 Å². The summed E-state index contributed by atoms with van der Waals surface area (Å²) in [6, 6.07) is 12.5. The minimum absolute atomic E-state index is 0.0718. The van der Waals surface area contributed by atoms with Crippen LogP contribution in [0, 0.1) is 0 Å². The van der Waals surface area contributed by atoms with Crippen molar-refractivity contribution in [2.45, 2.75) is 37.8 Å². The first-order chi connectivity index (χ1) is 14.8. The molecule has 162 valence electrons. The number of carbonyl (C=O) groups excluding carboxylic acids is 1. The van der Waals surface area contributed by atoms with Crippen molar-refractivity contribution in [1.82, 2.24) is 14.9 Å². The second-order valence-corrected chi connectivity index (χ2v) is 9.10. The number of aliphatic hydroxyl groups is 1. The Balaban J connectivity index is 1.74. The summed E-state index contributed by atoms with van der Waals surface area (Å²) >= 11 is 18.6. The molecule has 0 bridgehead atoms. The van der Waals surface area contributed by atoms with E-state index in [0.717, 1.165) is 18.4 Å². The van der Waals surface area contributed by atoms with Gasteiger partial charge in [0.2, 0.25) is 0 Å². The number of aromatic amines is 1. The van der Waals surface area contributed by atoms with E-state index in [1.165, 1.54) is 0 Å². The van der Waals surface area contributed by atoms with Crippen LogP contribution in [-0.2, 0) is 0 Å². The number of amides is 1. The van der Waals surface area contributed by atoms with Gasteiger partial charge in [0.15, 0.2) is 5.82 Å². The predicted molar refractivity (Wildman–Crippen MR) is 125 cm³/mol. The smallest absolute Gasteiger partial charge is 0.289 e. The summed E-state index contributed by atoms with van der Waals surface area (Å²) < 4.78 is 0. The molecule has 0 radical (unpaired) electrons. The maximum absolute atomic E-state index is 13.2. The van der Waals surface area contributed by atoms with Gasteiger partial charge in [-0.05, 0) is 56.0 Å². The Hall–Kier alpha value is -2.05. The number of H-pyrrole nitrogens is 1. The quantitative estimate of drug-likeness (QED) is 0.477. The molecular weight excluding hydrogens is 457 g/mol. The summed E-state index contributed by atoms with van der Waals surface area (Å²) in [4.78, 5) is 22.8. The number of halogens is 3. The molecule has 0 aliphatic heterocycles. The summed E-state index contributed by atoms with van der Waals surface area (Å²) in [6.45, 7) is 0. The number of carbonyl (C=O) groups is 1. The maximum atomic E-state index is 13.2. The normalized spacial score (nSPS) is 18.7. The molecule has 0 saturated heterocycles. The van der Waals surface area contributed by atoms with E-state index >= 15 is 0 Å². The fourth-order valence-electron chi connectivity index (χ4n) is 3.96. The Bertz CT molecular complexity index is 1090. The van der Waals surface area contributed by atoms with Gasteiger partial charge in [-0.2, -0.15) is 0 Å². The topological polar surface area (TPSA) is 69.2 Å². The van der Waals surface area contributed by atoms with Crippen molar-refractivity contribution in [1.29, 1.82) is 0 Å². The van der Waals surface area contributed by atoms with Crippen LogP contribution in [0.4, 0.5) is 0 Å². The van der Waals surface area contributed by atoms with Crippen LogP contribution in [0.15, 0.2) is 42.5 Å². The summed E-state index contributed by atoms with van der Waals surface area (Å²) in [6.07, 6.45) is 2.65. The van der Waals surface area contributed by atoms with Gasteiger partial charge in [0.1, 0.15) is 0 Å². The highest BCUT2D eigenvalue weighted by atomic mass is 35.5. The minimum atomic E-state index is -0.279. The Morgan fingerprint density at radius 1 is 1.03 bits per heavy atom. The zero-order chi connectivity index (χ0) is 22.1. The lowest BCUT2D eigenvalue weighted by molar-refractivity contribution is 0.0560. The van der Waals surface area contributed by atoms with Crippen molar-refractivity contribution in [3.05, 3.63) is 63.4 Å². The number of nitrogens with one attached hydrogen (secondary N) is 1. The van der Waals surface area contributed by atoms with Crippen LogP contribution in [-0.4, -0.2) is 45.1 Å². The first kappa shape index (κ1) is 22.2. The number of nitrogens with zero attached hydrogens (tertiary/aromatic N) is 2. The molecule has 1 heterocycles. The zero-order valence-electron chi connectivity index (χ0n) is 16.9. The van der Waals surface area contributed by atoms with Crippen molar-refractivity contribution >= 4 is 40.7 Å². The highest BCUT2D eigenvalue weighted by Crippen LogP contribution is 2.36. The molecule has 1 aromatic heterocycles. The van der Waals surface area contributed by atoms with Crippen LogP contribution >= 0.6 is 34.8 Å². The first-order valence-electron chi connectivity index (χ1n) is 10.1. The van der Waals surface area contributed by atoms with Crippen molar-refractivity contribution in [3.8, 4) is 22.5 Å².